The van der Waals surface area contributed by atoms with E-state index >= 15 is 0 Å². The van der Waals surface area contributed by atoms with Crippen LogP contribution in [0.25, 0.3) is 0 Å². The SMILES string of the molecule is CC(C)C[C@@H](/C=C/C(=O)O)NC(=O)c1ccccc1SSc1ccccc1C(=O)N[C@H](/C=C/C(=O)O)CC(C)C. The van der Waals surface area contributed by atoms with Crippen LogP contribution in [0.3, 0.4) is 0 Å². The molecule has 0 heterocycles. The van der Waals surface area contributed by atoms with Gasteiger partial charge in [-0.05, 0) is 48.9 Å². The van der Waals surface area contributed by atoms with Crippen LogP contribution in [0.1, 0.15) is 61.3 Å². The summed E-state index contributed by atoms with van der Waals surface area (Å²) in [4.78, 5) is 49.7. The van der Waals surface area contributed by atoms with Crippen molar-refractivity contribution in [3.05, 3.63) is 84.0 Å². The Labute approximate surface area is 243 Å². The quantitative estimate of drug-likeness (QED) is 0.147. The highest BCUT2D eigenvalue weighted by Crippen LogP contribution is 2.40. The molecule has 0 spiro atoms. The third-order valence-corrected chi connectivity index (χ3v) is 7.99. The first-order chi connectivity index (χ1) is 19.0. The third kappa shape index (κ3) is 11.7. The van der Waals surface area contributed by atoms with Crippen molar-refractivity contribution in [2.45, 2.75) is 62.4 Å². The molecule has 2 aromatic carbocycles. The first-order valence-corrected chi connectivity index (χ1v) is 15.1. The molecular formula is C30H36N2O6S2. The Morgan fingerprint density at radius 2 is 1.02 bits per heavy atom. The number of carbonyl (C=O) groups is 4. The van der Waals surface area contributed by atoms with E-state index in [1.165, 1.54) is 33.7 Å². The maximum atomic E-state index is 13.2. The maximum Gasteiger partial charge on any atom is 0.328 e. The Morgan fingerprint density at radius 3 is 1.35 bits per heavy atom. The van der Waals surface area contributed by atoms with Gasteiger partial charge in [-0.1, -0.05) is 85.7 Å². The van der Waals surface area contributed by atoms with Crippen molar-refractivity contribution in [2.75, 3.05) is 0 Å². The second-order valence-electron chi connectivity index (χ2n) is 9.97. The van der Waals surface area contributed by atoms with Crippen LogP contribution >= 0.6 is 21.6 Å². The van der Waals surface area contributed by atoms with Gasteiger partial charge in [0.1, 0.15) is 0 Å². The van der Waals surface area contributed by atoms with E-state index in [0.29, 0.717) is 33.8 Å². The van der Waals surface area contributed by atoms with E-state index in [1.807, 2.05) is 52.0 Å². The van der Waals surface area contributed by atoms with Crippen molar-refractivity contribution in [3.8, 4) is 0 Å². The van der Waals surface area contributed by atoms with Crippen LogP contribution in [0, 0.1) is 11.8 Å². The molecule has 2 rings (SSSR count). The molecule has 0 aromatic heterocycles. The van der Waals surface area contributed by atoms with Gasteiger partial charge >= 0.3 is 11.9 Å². The van der Waals surface area contributed by atoms with E-state index in [-0.39, 0.29) is 23.7 Å². The summed E-state index contributed by atoms with van der Waals surface area (Å²) in [7, 11) is 2.67. The fourth-order valence-electron chi connectivity index (χ4n) is 3.82. The molecule has 0 saturated heterocycles. The van der Waals surface area contributed by atoms with E-state index in [1.54, 1.807) is 24.3 Å². The van der Waals surface area contributed by atoms with Crippen molar-refractivity contribution in [2.24, 2.45) is 11.8 Å². The van der Waals surface area contributed by atoms with Crippen LogP contribution in [0.4, 0.5) is 0 Å². The zero-order valence-electron chi connectivity index (χ0n) is 23.0. The molecule has 0 radical (unpaired) electrons. The molecule has 40 heavy (non-hydrogen) atoms. The molecule has 0 unspecified atom stereocenters. The lowest BCUT2D eigenvalue weighted by Gasteiger charge is -2.19. The van der Waals surface area contributed by atoms with Crippen molar-refractivity contribution >= 4 is 45.3 Å². The highest BCUT2D eigenvalue weighted by molar-refractivity contribution is 8.76. The highest BCUT2D eigenvalue weighted by atomic mass is 33.1. The summed E-state index contributed by atoms with van der Waals surface area (Å²) in [6.45, 7) is 7.98. The Bertz CT molecular complexity index is 1150. The number of aliphatic carboxylic acids is 2. The summed E-state index contributed by atoms with van der Waals surface area (Å²) in [5.41, 5.74) is 0.880. The molecule has 0 aliphatic heterocycles. The van der Waals surface area contributed by atoms with Gasteiger partial charge in [0.05, 0.1) is 11.1 Å². The number of amides is 2. The van der Waals surface area contributed by atoms with Gasteiger partial charge in [0.15, 0.2) is 0 Å². The number of carboxylic acid groups (broad SMARTS) is 2. The fraction of sp³-hybridized carbons (Fsp3) is 0.333. The van der Waals surface area contributed by atoms with Gasteiger partial charge in [-0.3, -0.25) is 9.59 Å². The average molecular weight is 585 g/mol. The third-order valence-electron chi connectivity index (χ3n) is 5.51. The van der Waals surface area contributed by atoms with Crippen molar-refractivity contribution < 1.29 is 29.4 Å². The predicted octanol–water partition coefficient (Wildman–Crippen LogP) is 6.06. The zero-order chi connectivity index (χ0) is 29.7. The largest absolute Gasteiger partial charge is 0.478 e. The molecule has 2 atom stereocenters. The number of carbonyl (C=O) groups excluding carboxylic acids is 2. The van der Waals surface area contributed by atoms with Gasteiger partial charge in [0, 0.05) is 34.0 Å². The van der Waals surface area contributed by atoms with Crippen LogP contribution in [0.15, 0.2) is 82.6 Å². The molecule has 0 aliphatic rings. The Kier molecular flexibility index (Phi) is 13.5. The van der Waals surface area contributed by atoms with E-state index < -0.39 is 24.0 Å². The standard InChI is InChI=1S/C30H36N2O6S2/c1-19(2)17-21(13-15-27(33)34)31-29(37)23-9-5-7-11-25(23)39-40-26-12-8-6-10-24(26)30(38)32-22(18-20(3)4)14-16-28(35)36/h5-16,19-22H,17-18H2,1-4H3,(H,31,37)(H,32,38)(H,33,34)(H,35,36)/b15-13+,16-14+/t21-,22-/m1/s1. The fourth-order valence-corrected chi connectivity index (χ4v) is 6.18. The Balaban J connectivity index is 2.21. The molecule has 214 valence electrons. The molecular weight excluding hydrogens is 548 g/mol. The number of nitrogens with one attached hydrogen (secondary N) is 2. The minimum absolute atomic E-state index is 0.242. The number of benzene rings is 2. The van der Waals surface area contributed by atoms with Crippen LogP contribution in [0.5, 0.6) is 0 Å². The van der Waals surface area contributed by atoms with Crippen molar-refractivity contribution in [1.82, 2.24) is 10.6 Å². The van der Waals surface area contributed by atoms with Crippen LogP contribution in [0.2, 0.25) is 0 Å². The van der Waals surface area contributed by atoms with Gasteiger partial charge in [-0.25, -0.2) is 9.59 Å². The summed E-state index contributed by atoms with van der Waals surface area (Å²) < 4.78 is 0. The summed E-state index contributed by atoms with van der Waals surface area (Å²) >= 11 is 0. The molecule has 4 N–H and O–H groups in total. The lowest BCUT2D eigenvalue weighted by atomic mass is 10.0. The number of hydrogen-bond donors (Lipinski definition) is 4. The lowest BCUT2D eigenvalue weighted by Crippen LogP contribution is -2.35. The van der Waals surface area contributed by atoms with Gasteiger partial charge in [-0.15, -0.1) is 0 Å². The minimum Gasteiger partial charge on any atom is -0.478 e. The second-order valence-corrected chi connectivity index (χ2v) is 12.2. The molecule has 0 bridgehead atoms. The summed E-state index contributed by atoms with van der Waals surface area (Å²) in [5.74, 6) is -2.31. The Hall–Kier alpha value is -3.50. The van der Waals surface area contributed by atoms with Crippen molar-refractivity contribution in [1.29, 1.82) is 0 Å². The normalized spacial score (nSPS) is 13.1. The molecule has 8 nitrogen and oxygen atoms in total. The monoisotopic (exact) mass is 584 g/mol. The topological polar surface area (TPSA) is 133 Å². The van der Waals surface area contributed by atoms with E-state index in [0.717, 1.165) is 12.2 Å². The molecule has 10 heteroatoms. The van der Waals surface area contributed by atoms with Gasteiger partial charge in [-0.2, -0.15) is 0 Å². The molecule has 0 saturated carbocycles. The first-order valence-electron chi connectivity index (χ1n) is 12.9. The van der Waals surface area contributed by atoms with Crippen molar-refractivity contribution in [3.63, 3.8) is 0 Å². The van der Waals surface area contributed by atoms with Crippen LogP contribution < -0.4 is 10.6 Å². The smallest absolute Gasteiger partial charge is 0.328 e. The summed E-state index contributed by atoms with van der Waals surface area (Å²) in [6.07, 6.45) is 6.21. The van der Waals surface area contributed by atoms with Gasteiger partial charge in [0.2, 0.25) is 0 Å². The first kappa shape index (κ1) is 32.7. The molecule has 2 aromatic rings. The molecule has 0 fully saturated rings. The minimum atomic E-state index is -1.08. The van der Waals surface area contributed by atoms with Gasteiger partial charge < -0.3 is 20.8 Å². The van der Waals surface area contributed by atoms with Crippen LogP contribution in [-0.2, 0) is 9.59 Å². The average Bonchev–Trinajstić information content (AvgIpc) is 2.88. The van der Waals surface area contributed by atoms with E-state index in [9.17, 15) is 19.2 Å². The maximum absolute atomic E-state index is 13.2. The predicted molar refractivity (Wildman–Crippen MR) is 160 cm³/mol. The number of carboxylic acids is 2. The van der Waals surface area contributed by atoms with Gasteiger partial charge in [0.25, 0.3) is 11.8 Å². The number of rotatable bonds is 15. The van der Waals surface area contributed by atoms with E-state index in [4.69, 9.17) is 10.2 Å². The summed E-state index contributed by atoms with van der Waals surface area (Å²) in [5, 5.41) is 23.9. The van der Waals surface area contributed by atoms with Crippen LogP contribution in [-0.4, -0.2) is 46.0 Å². The number of hydrogen-bond acceptors (Lipinski definition) is 6. The summed E-state index contributed by atoms with van der Waals surface area (Å²) in [6, 6.07) is 13.3. The molecule has 2 amide bonds. The second kappa shape index (κ2) is 16.6. The molecule has 0 aliphatic carbocycles. The Morgan fingerprint density at radius 1 is 0.675 bits per heavy atom. The van der Waals surface area contributed by atoms with E-state index in [2.05, 4.69) is 10.6 Å². The highest BCUT2D eigenvalue weighted by Gasteiger charge is 2.19. The lowest BCUT2D eigenvalue weighted by molar-refractivity contribution is -0.132. The zero-order valence-corrected chi connectivity index (χ0v) is 24.6.